The number of carbonyl (C=O) groups excluding carboxylic acids is 1. The Morgan fingerprint density at radius 3 is 2.36 bits per heavy atom. The SMILES string of the molecule is C=C(C)C(=N)/C=C(/NC(=O)Nc1ccc(-c2ccc3c(N)n[nH]c3c2F)cc1)Nc1ccc(C)cc1. The summed E-state index contributed by atoms with van der Waals surface area (Å²) in [4.78, 5) is 12.7. The van der Waals surface area contributed by atoms with Crippen LogP contribution >= 0.6 is 0 Å². The number of nitrogen functional groups attached to an aromatic ring is 1. The maximum Gasteiger partial charge on any atom is 0.324 e. The average Bonchev–Trinajstić information content (AvgIpc) is 3.23. The van der Waals surface area contributed by atoms with E-state index in [9.17, 15) is 9.18 Å². The third-order valence-electron chi connectivity index (χ3n) is 5.49. The number of benzene rings is 3. The number of urea groups is 1. The van der Waals surface area contributed by atoms with Gasteiger partial charge >= 0.3 is 6.03 Å². The van der Waals surface area contributed by atoms with E-state index in [1.807, 2.05) is 31.2 Å². The molecule has 0 aliphatic rings. The molecule has 8 nitrogen and oxygen atoms in total. The highest BCUT2D eigenvalue weighted by molar-refractivity contribution is 6.06. The lowest BCUT2D eigenvalue weighted by atomic mass is 10.0. The Balaban J connectivity index is 1.48. The number of fused-ring (bicyclic) bond motifs is 1. The molecule has 0 spiro atoms. The van der Waals surface area contributed by atoms with Crippen LogP contribution in [0, 0.1) is 18.2 Å². The summed E-state index contributed by atoms with van der Waals surface area (Å²) in [5.74, 6) is 0.104. The summed E-state index contributed by atoms with van der Waals surface area (Å²) in [5, 5.41) is 23.7. The fraction of sp³-hybridized carbons (Fsp3) is 0.0741. The van der Waals surface area contributed by atoms with Gasteiger partial charge in [0.05, 0.1) is 5.71 Å². The van der Waals surface area contributed by atoms with Crippen molar-refractivity contribution in [1.29, 1.82) is 5.41 Å². The number of nitrogens with zero attached hydrogens (tertiary/aromatic N) is 1. The Kier molecular flexibility index (Phi) is 6.82. The quantitative estimate of drug-likeness (QED) is 0.182. The topological polar surface area (TPSA) is 132 Å². The van der Waals surface area contributed by atoms with E-state index in [2.05, 4.69) is 32.7 Å². The monoisotopic (exact) mass is 483 g/mol. The van der Waals surface area contributed by atoms with Crippen molar-refractivity contribution in [3.63, 3.8) is 0 Å². The summed E-state index contributed by atoms with van der Waals surface area (Å²) in [7, 11) is 0. The van der Waals surface area contributed by atoms with Crippen LogP contribution in [0.4, 0.5) is 26.4 Å². The largest absolute Gasteiger partial charge is 0.382 e. The molecule has 0 aliphatic heterocycles. The molecule has 2 amide bonds. The van der Waals surface area contributed by atoms with Crippen molar-refractivity contribution in [2.75, 3.05) is 16.4 Å². The Morgan fingerprint density at radius 2 is 1.69 bits per heavy atom. The molecule has 0 unspecified atom stereocenters. The van der Waals surface area contributed by atoms with Gasteiger partial charge in [-0.05, 0) is 55.3 Å². The van der Waals surface area contributed by atoms with Crippen LogP contribution < -0.4 is 21.7 Å². The average molecular weight is 484 g/mol. The third kappa shape index (κ3) is 5.41. The number of H-pyrrole nitrogens is 1. The number of carbonyl (C=O) groups is 1. The number of aryl methyl sites for hydroxylation is 1. The molecule has 0 saturated heterocycles. The molecule has 4 aromatic rings. The van der Waals surface area contributed by atoms with Crippen LogP contribution in [0.5, 0.6) is 0 Å². The second-order valence-corrected chi connectivity index (χ2v) is 8.36. The molecule has 1 aromatic heterocycles. The van der Waals surface area contributed by atoms with Crippen LogP contribution in [0.3, 0.4) is 0 Å². The van der Waals surface area contributed by atoms with E-state index in [4.69, 9.17) is 11.1 Å². The predicted octanol–water partition coefficient (Wildman–Crippen LogP) is 5.93. The first kappa shape index (κ1) is 24.2. The summed E-state index contributed by atoms with van der Waals surface area (Å²) < 4.78 is 14.9. The van der Waals surface area contributed by atoms with Crippen LogP contribution in [0.25, 0.3) is 22.0 Å². The van der Waals surface area contributed by atoms with Crippen molar-refractivity contribution < 1.29 is 9.18 Å². The fourth-order valence-electron chi connectivity index (χ4n) is 3.48. The summed E-state index contributed by atoms with van der Waals surface area (Å²) >= 11 is 0. The smallest absolute Gasteiger partial charge is 0.324 e. The number of aromatic amines is 1. The molecule has 0 bridgehead atoms. The minimum Gasteiger partial charge on any atom is -0.382 e. The van der Waals surface area contributed by atoms with Gasteiger partial charge in [-0.2, -0.15) is 5.10 Å². The second-order valence-electron chi connectivity index (χ2n) is 8.36. The minimum atomic E-state index is -0.510. The summed E-state index contributed by atoms with van der Waals surface area (Å²) in [6.45, 7) is 7.46. The number of nitrogens with two attached hydrogens (primary N) is 1. The lowest BCUT2D eigenvalue weighted by molar-refractivity contribution is 0.254. The fourth-order valence-corrected chi connectivity index (χ4v) is 3.48. The van der Waals surface area contributed by atoms with Crippen LogP contribution in [0.2, 0.25) is 0 Å². The molecular weight excluding hydrogens is 457 g/mol. The van der Waals surface area contributed by atoms with E-state index in [1.165, 1.54) is 6.08 Å². The van der Waals surface area contributed by atoms with Crippen LogP contribution in [-0.2, 0) is 0 Å². The van der Waals surface area contributed by atoms with E-state index in [-0.39, 0.29) is 17.0 Å². The van der Waals surface area contributed by atoms with Gasteiger partial charge in [0.25, 0.3) is 0 Å². The number of aromatic nitrogens is 2. The highest BCUT2D eigenvalue weighted by Gasteiger charge is 2.14. The first-order valence-corrected chi connectivity index (χ1v) is 11.1. The lowest BCUT2D eigenvalue weighted by Crippen LogP contribution is -2.31. The molecule has 0 radical (unpaired) electrons. The van der Waals surface area contributed by atoms with Gasteiger partial charge in [-0.1, -0.05) is 42.5 Å². The van der Waals surface area contributed by atoms with Gasteiger partial charge in [-0.15, -0.1) is 0 Å². The standard InChI is InChI=1S/C27H26FN7O/c1-15(2)22(29)14-23(31-18-8-4-16(3)5-9-18)33-27(36)32-19-10-6-17(7-11-19)20-12-13-21-25(24(20)28)34-35-26(21)30/h4-14,29,31H,1H2,2-3H3,(H3,30,34,35)(H2,32,33,36)/b23-14+,29-22?. The van der Waals surface area contributed by atoms with Crippen molar-refractivity contribution in [3.8, 4) is 11.1 Å². The number of nitrogens with one attached hydrogen (secondary N) is 5. The molecule has 0 aliphatic carbocycles. The molecule has 3 aromatic carbocycles. The Bertz CT molecular complexity index is 1490. The van der Waals surface area contributed by atoms with E-state index in [1.54, 1.807) is 43.3 Å². The van der Waals surface area contributed by atoms with Gasteiger partial charge in [-0.25, -0.2) is 9.18 Å². The molecule has 0 saturated carbocycles. The zero-order chi connectivity index (χ0) is 25.8. The molecule has 182 valence electrons. The highest BCUT2D eigenvalue weighted by atomic mass is 19.1. The van der Waals surface area contributed by atoms with Crippen LogP contribution in [0.1, 0.15) is 12.5 Å². The van der Waals surface area contributed by atoms with E-state index in [0.717, 1.165) is 11.3 Å². The number of allylic oxidation sites excluding steroid dienone is 2. The summed E-state index contributed by atoms with van der Waals surface area (Å²) in [5.41, 5.74) is 10.1. The van der Waals surface area contributed by atoms with Gasteiger partial charge in [0, 0.05) is 28.4 Å². The zero-order valence-corrected chi connectivity index (χ0v) is 19.9. The first-order chi connectivity index (χ1) is 17.2. The number of rotatable bonds is 7. The number of anilines is 3. The highest BCUT2D eigenvalue weighted by Crippen LogP contribution is 2.30. The van der Waals surface area contributed by atoms with Crippen molar-refractivity contribution >= 4 is 39.8 Å². The molecule has 7 N–H and O–H groups in total. The van der Waals surface area contributed by atoms with Gasteiger partial charge in [0.2, 0.25) is 0 Å². The molecular formula is C27H26FN7O. The summed E-state index contributed by atoms with van der Waals surface area (Å²) in [6, 6.07) is 17.2. The minimum absolute atomic E-state index is 0.173. The Hall–Kier alpha value is -4.92. The number of halogens is 1. The number of hydrogen-bond acceptors (Lipinski definition) is 5. The van der Waals surface area contributed by atoms with Gasteiger partial charge in [-0.3, -0.25) is 10.4 Å². The molecule has 4 rings (SSSR count). The normalized spacial score (nSPS) is 11.2. The van der Waals surface area contributed by atoms with Crippen molar-refractivity contribution in [2.24, 2.45) is 0 Å². The Morgan fingerprint density at radius 1 is 1.06 bits per heavy atom. The lowest BCUT2D eigenvalue weighted by Gasteiger charge is -2.14. The molecule has 36 heavy (non-hydrogen) atoms. The van der Waals surface area contributed by atoms with Crippen molar-refractivity contribution in [3.05, 3.63) is 96.1 Å². The van der Waals surface area contributed by atoms with Gasteiger partial charge < -0.3 is 21.8 Å². The number of amides is 2. The van der Waals surface area contributed by atoms with Crippen LogP contribution in [0.15, 0.2) is 84.7 Å². The van der Waals surface area contributed by atoms with E-state index < -0.39 is 11.8 Å². The maximum absolute atomic E-state index is 14.9. The third-order valence-corrected chi connectivity index (χ3v) is 5.49. The Labute approximate surface area is 207 Å². The van der Waals surface area contributed by atoms with Crippen molar-refractivity contribution in [1.82, 2.24) is 15.5 Å². The predicted molar refractivity (Wildman–Crippen MR) is 143 cm³/mol. The maximum atomic E-state index is 14.9. The van der Waals surface area contributed by atoms with Gasteiger partial charge in [0.15, 0.2) is 11.6 Å². The first-order valence-electron chi connectivity index (χ1n) is 11.1. The zero-order valence-electron chi connectivity index (χ0n) is 19.9. The molecule has 0 fully saturated rings. The van der Waals surface area contributed by atoms with E-state index >= 15 is 0 Å². The number of hydrogen-bond donors (Lipinski definition) is 6. The molecule has 9 heteroatoms. The second kappa shape index (κ2) is 10.1. The van der Waals surface area contributed by atoms with Crippen LogP contribution in [-0.4, -0.2) is 21.9 Å². The summed E-state index contributed by atoms with van der Waals surface area (Å²) in [6.07, 6.45) is 1.49. The van der Waals surface area contributed by atoms with E-state index in [0.29, 0.717) is 33.6 Å². The van der Waals surface area contributed by atoms with Gasteiger partial charge in [0.1, 0.15) is 11.3 Å². The van der Waals surface area contributed by atoms with Crippen molar-refractivity contribution in [2.45, 2.75) is 13.8 Å². The molecule has 0 atom stereocenters. The molecule has 1 heterocycles.